The summed E-state index contributed by atoms with van der Waals surface area (Å²) in [7, 11) is 0. The molecule has 0 aliphatic heterocycles. The summed E-state index contributed by atoms with van der Waals surface area (Å²) in [5.74, 6) is 0. The van der Waals surface area contributed by atoms with E-state index >= 15 is 0 Å². The first-order valence-corrected chi connectivity index (χ1v) is 6.98. The molecule has 0 spiro atoms. The smallest absolute Gasteiger partial charge is 0.0650 e. The van der Waals surface area contributed by atoms with Crippen molar-refractivity contribution in [1.82, 2.24) is 0 Å². The fourth-order valence-corrected chi connectivity index (χ4v) is 1.82. The largest absolute Gasteiger partial charge is 0.377 e. The maximum absolute atomic E-state index is 5.92. The Hall–Kier alpha value is -0.500. The van der Waals surface area contributed by atoms with Crippen molar-refractivity contribution in [3.63, 3.8) is 0 Å². The Labute approximate surface area is 120 Å². The molecule has 0 aliphatic rings. The zero-order valence-corrected chi connectivity index (χ0v) is 12.0. The summed E-state index contributed by atoms with van der Waals surface area (Å²) < 4.78 is 5.49. The van der Waals surface area contributed by atoms with Gasteiger partial charge in [-0.25, -0.2) is 0 Å². The highest BCUT2D eigenvalue weighted by Gasteiger charge is 1.96. The summed E-state index contributed by atoms with van der Waals surface area (Å²) >= 11 is 11.8. The Morgan fingerprint density at radius 1 is 1.11 bits per heavy atom. The summed E-state index contributed by atoms with van der Waals surface area (Å²) in [6, 6.07) is 5.57. The van der Waals surface area contributed by atoms with Gasteiger partial charge in [0.25, 0.3) is 0 Å². The molecule has 0 saturated carbocycles. The molecule has 0 unspecified atom stereocenters. The van der Waals surface area contributed by atoms with Gasteiger partial charge in [0, 0.05) is 6.61 Å². The maximum atomic E-state index is 5.92. The summed E-state index contributed by atoms with van der Waals surface area (Å²) in [6.07, 6.45) is 8.47. The van der Waals surface area contributed by atoms with Gasteiger partial charge in [-0.15, -0.1) is 0 Å². The Morgan fingerprint density at radius 3 is 2.67 bits per heavy atom. The van der Waals surface area contributed by atoms with E-state index in [0.717, 1.165) is 25.0 Å². The molecule has 3 heteroatoms. The molecule has 0 heterocycles. The molecule has 0 bridgehead atoms. The van der Waals surface area contributed by atoms with Gasteiger partial charge in [-0.3, -0.25) is 0 Å². The molecule has 0 atom stereocenters. The third-order valence-corrected chi connectivity index (χ3v) is 3.25. The first-order valence-electron chi connectivity index (χ1n) is 6.22. The molecule has 1 nitrogen and oxygen atoms in total. The molecular weight excluding hydrogens is 267 g/mol. The Kier molecular flexibility index (Phi) is 8.15. The lowest BCUT2D eigenvalue weighted by atomic mass is 10.2. The standard InChI is InChI=1S/C15H19Cl2O/c1-2-3-4-5-10-18-11-6-7-13-8-9-14(16)15(17)12-13/h6-9,12H,1-5,10-11H2. The van der Waals surface area contributed by atoms with Crippen LogP contribution in [0.3, 0.4) is 0 Å². The van der Waals surface area contributed by atoms with Crippen molar-refractivity contribution >= 4 is 29.3 Å². The predicted octanol–water partition coefficient (Wildman–Crippen LogP) is 5.42. The average Bonchev–Trinajstić information content (AvgIpc) is 2.37. The first kappa shape index (κ1) is 15.6. The van der Waals surface area contributed by atoms with Gasteiger partial charge in [-0.2, -0.15) is 0 Å². The van der Waals surface area contributed by atoms with E-state index in [9.17, 15) is 0 Å². The number of benzene rings is 1. The topological polar surface area (TPSA) is 9.23 Å². The van der Waals surface area contributed by atoms with E-state index in [1.807, 2.05) is 24.3 Å². The van der Waals surface area contributed by atoms with Crippen molar-refractivity contribution in [1.29, 1.82) is 0 Å². The quantitative estimate of drug-likeness (QED) is 0.580. The second-order valence-electron chi connectivity index (χ2n) is 4.07. The molecular formula is C15H19Cl2O. The van der Waals surface area contributed by atoms with Crippen molar-refractivity contribution in [3.05, 3.63) is 46.8 Å². The van der Waals surface area contributed by atoms with E-state index in [1.54, 1.807) is 6.07 Å². The van der Waals surface area contributed by atoms with Gasteiger partial charge >= 0.3 is 0 Å². The zero-order valence-electron chi connectivity index (χ0n) is 10.5. The third kappa shape index (κ3) is 6.44. The summed E-state index contributed by atoms with van der Waals surface area (Å²) in [5, 5.41) is 1.16. The fraction of sp³-hybridized carbons (Fsp3) is 0.400. The monoisotopic (exact) mass is 285 g/mol. The van der Waals surface area contributed by atoms with Crippen LogP contribution in [0.25, 0.3) is 6.08 Å². The lowest BCUT2D eigenvalue weighted by molar-refractivity contribution is 0.158. The van der Waals surface area contributed by atoms with Crippen molar-refractivity contribution in [2.45, 2.75) is 25.7 Å². The SMILES string of the molecule is [CH2]CCCCCOCC=Cc1ccc(Cl)c(Cl)c1. The van der Waals surface area contributed by atoms with Gasteiger partial charge in [0.15, 0.2) is 0 Å². The minimum atomic E-state index is 0.577. The minimum Gasteiger partial charge on any atom is -0.377 e. The highest BCUT2D eigenvalue weighted by molar-refractivity contribution is 6.42. The summed E-state index contributed by atoms with van der Waals surface area (Å²) in [4.78, 5) is 0. The van der Waals surface area contributed by atoms with Crippen LogP contribution in [0.15, 0.2) is 24.3 Å². The molecule has 1 radical (unpaired) electrons. The molecule has 0 N–H and O–H groups in total. The number of halogens is 2. The van der Waals surface area contributed by atoms with Crippen LogP contribution < -0.4 is 0 Å². The number of unbranched alkanes of at least 4 members (excludes halogenated alkanes) is 3. The average molecular weight is 286 g/mol. The predicted molar refractivity (Wildman–Crippen MR) is 80.1 cm³/mol. The van der Waals surface area contributed by atoms with Crippen molar-refractivity contribution in [3.8, 4) is 0 Å². The van der Waals surface area contributed by atoms with Crippen LogP contribution in [0.5, 0.6) is 0 Å². The lowest BCUT2D eigenvalue weighted by Gasteiger charge is -2.01. The van der Waals surface area contributed by atoms with Crippen LogP contribution >= 0.6 is 23.2 Å². The van der Waals surface area contributed by atoms with Crippen LogP contribution in [0.1, 0.15) is 31.2 Å². The number of hydrogen-bond donors (Lipinski definition) is 0. The van der Waals surface area contributed by atoms with Crippen LogP contribution in [0.4, 0.5) is 0 Å². The number of rotatable bonds is 8. The molecule has 0 fully saturated rings. The second kappa shape index (κ2) is 9.43. The Bertz CT molecular complexity index is 375. The van der Waals surface area contributed by atoms with Gasteiger partial charge in [0.2, 0.25) is 0 Å². The zero-order chi connectivity index (χ0) is 13.2. The van der Waals surface area contributed by atoms with Crippen molar-refractivity contribution in [2.24, 2.45) is 0 Å². The second-order valence-corrected chi connectivity index (χ2v) is 4.88. The van der Waals surface area contributed by atoms with Crippen LogP contribution in [-0.4, -0.2) is 13.2 Å². The molecule has 18 heavy (non-hydrogen) atoms. The van der Waals surface area contributed by atoms with E-state index in [0.29, 0.717) is 16.7 Å². The summed E-state index contributed by atoms with van der Waals surface area (Å²) in [5.41, 5.74) is 1.03. The van der Waals surface area contributed by atoms with Gasteiger partial charge in [0.1, 0.15) is 0 Å². The number of ether oxygens (including phenoxy) is 1. The fourth-order valence-electron chi connectivity index (χ4n) is 1.51. The maximum Gasteiger partial charge on any atom is 0.0650 e. The molecule has 99 valence electrons. The lowest BCUT2D eigenvalue weighted by Crippen LogP contribution is -1.94. The van der Waals surface area contributed by atoms with Crippen molar-refractivity contribution in [2.75, 3.05) is 13.2 Å². The summed E-state index contributed by atoms with van der Waals surface area (Å²) in [6.45, 7) is 5.25. The highest BCUT2D eigenvalue weighted by atomic mass is 35.5. The van der Waals surface area contributed by atoms with E-state index in [-0.39, 0.29) is 0 Å². The van der Waals surface area contributed by atoms with Gasteiger partial charge in [-0.1, -0.05) is 67.6 Å². The van der Waals surface area contributed by atoms with E-state index < -0.39 is 0 Å². The van der Waals surface area contributed by atoms with Crippen LogP contribution in [-0.2, 0) is 4.74 Å². The molecule has 0 aromatic heterocycles. The van der Waals surface area contributed by atoms with E-state index in [4.69, 9.17) is 27.9 Å². The van der Waals surface area contributed by atoms with E-state index in [2.05, 4.69) is 6.92 Å². The van der Waals surface area contributed by atoms with Gasteiger partial charge < -0.3 is 4.74 Å². The molecule has 0 amide bonds. The Morgan fingerprint density at radius 2 is 1.94 bits per heavy atom. The highest BCUT2D eigenvalue weighted by Crippen LogP contribution is 2.23. The minimum absolute atomic E-state index is 0.577. The van der Waals surface area contributed by atoms with E-state index in [1.165, 1.54) is 12.8 Å². The molecule has 1 aromatic rings. The van der Waals surface area contributed by atoms with Crippen molar-refractivity contribution < 1.29 is 4.74 Å². The Balaban J connectivity index is 2.18. The molecule has 1 aromatic carbocycles. The molecule has 0 saturated heterocycles. The molecule has 1 rings (SSSR count). The van der Waals surface area contributed by atoms with Crippen LogP contribution in [0.2, 0.25) is 10.0 Å². The molecule has 0 aliphatic carbocycles. The number of hydrogen-bond acceptors (Lipinski definition) is 1. The van der Waals surface area contributed by atoms with Gasteiger partial charge in [-0.05, 0) is 24.1 Å². The van der Waals surface area contributed by atoms with Crippen LogP contribution in [0, 0.1) is 6.92 Å². The normalized spacial score (nSPS) is 11.3. The third-order valence-electron chi connectivity index (χ3n) is 2.51. The first-order chi connectivity index (χ1) is 8.74. The van der Waals surface area contributed by atoms with Gasteiger partial charge in [0.05, 0.1) is 16.7 Å².